The van der Waals surface area contributed by atoms with Crippen LogP contribution in [0, 0.1) is 0 Å². The molecule has 2 aliphatic rings. The fraction of sp³-hybridized carbons (Fsp3) is 0.526. The standard InChI is InChI=1S/C19H26N6.HI/c1-2-20-19(21-13-18-23-22-17-9-6-11-25(17)18)24-12-10-16(14-24)15-7-4-3-5-8-15;/h3-5,7-8,16H,2,6,9-14H2,1H3,(H,20,21);1H. The van der Waals surface area contributed by atoms with Gasteiger partial charge in [-0.05, 0) is 25.3 Å². The Balaban J connectivity index is 0.00000196. The lowest BCUT2D eigenvalue weighted by Crippen LogP contribution is -2.40. The van der Waals surface area contributed by atoms with Crippen LogP contribution in [-0.4, -0.2) is 45.3 Å². The van der Waals surface area contributed by atoms with Gasteiger partial charge < -0.3 is 14.8 Å². The van der Waals surface area contributed by atoms with Gasteiger partial charge in [-0.25, -0.2) is 4.99 Å². The Morgan fingerprint density at radius 3 is 2.88 bits per heavy atom. The van der Waals surface area contributed by atoms with E-state index < -0.39 is 0 Å². The molecule has 0 saturated carbocycles. The maximum atomic E-state index is 4.85. The van der Waals surface area contributed by atoms with Gasteiger partial charge in [0.2, 0.25) is 0 Å². The molecule has 1 aromatic carbocycles. The van der Waals surface area contributed by atoms with Crippen LogP contribution in [-0.2, 0) is 19.5 Å². The molecule has 4 rings (SSSR count). The number of nitrogens with zero attached hydrogens (tertiary/aromatic N) is 5. The smallest absolute Gasteiger partial charge is 0.194 e. The molecule has 0 bridgehead atoms. The topological polar surface area (TPSA) is 58.3 Å². The van der Waals surface area contributed by atoms with E-state index in [2.05, 4.69) is 62.2 Å². The average Bonchev–Trinajstić information content (AvgIpc) is 3.37. The van der Waals surface area contributed by atoms with E-state index in [9.17, 15) is 0 Å². The van der Waals surface area contributed by atoms with Crippen LogP contribution in [0.2, 0.25) is 0 Å². The molecule has 1 aromatic heterocycles. The van der Waals surface area contributed by atoms with Crippen molar-refractivity contribution >= 4 is 29.9 Å². The number of hydrogen-bond acceptors (Lipinski definition) is 3. The molecule has 2 aromatic rings. The van der Waals surface area contributed by atoms with Gasteiger partial charge in [0.15, 0.2) is 11.8 Å². The third-order valence-electron chi connectivity index (χ3n) is 5.15. The van der Waals surface area contributed by atoms with Crippen LogP contribution in [0.25, 0.3) is 0 Å². The number of rotatable bonds is 4. The molecular weight excluding hydrogens is 439 g/mol. The monoisotopic (exact) mass is 466 g/mol. The number of aryl methyl sites for hydroxylation is 1. The van der Waals surface area contributed by atoms with Crippen LogP contribution in [0.15, 0.2) is 35.3 Å². The number of likely N-dealkylation sites (tertiary alicyclic amines) is 1. The highest BCUT2D eigenvalue weighted by Gasteiger charge is 2.26. The maximum absolute atomic E-state index is 4.85. The summed E-state index contributed by atoms with van der Waals surface area (Å²) in [6.45, 7) is 6.70. The summed E-state index contributed by atoms with van der Waals surface area (Å²) in [5.41, 5.74) is 1.43. The molecule has 3 heterocycles. The van der Waals surface area contributed by atoms with Crippen LogP contribution in [0.5, 0.6) is 0 Å². The molecule has 140 valence electrons. The largest absolute Gasteiger partial charge is 0.357 e. The molecule has 1 saturated heterocycles. The second kappa shape index (κ2) is 8.83. The summed E-state index contributed by atoms with van der Waals surface area (Å²) in [5, 5.41) is 12.0. The Morgan fingerprint density at radius 2 is 2.08 bits per heavy atom. The van der Waals surface area contributed by atoms with Gasteiger partial charge >= 0.3 is 0 Å². The Bertz CT molecular complexity index is 742. The van der Waals surface area contributed by atoms with Gasteiger partial charge in [-0.3, -0.25) is 0 Å². The number of aromatic nitrogens is 3. The fourth-order valence-electron chi connectivity index (χ4n) is 3.85. The van der Waals surface area contributed by atoms with E-state index in [1.165, 1.54) is 18.4 Å². The zero-order valence-electron chi connectivity index (χ0n) is 15.3. The van der Waals surface area contributed by atoms with Crippen molar-refractivity contribution in [3.05, 3.63) is 47.5 Å². The zero-order chi connectivity index (χ0) is 17.1. The van der Waals surface area contributed by atoms with Crippen LogP contribution in [0.3, 0.4) is 0 Å². The summed E-state index contributed by atoms with van der Waals surface area (Å²) in [4.78, 5) is 7.23. The molecule has 0 radical (unpaired) electrons. The summed E-state index contributed by atoms with van der Waals surface area (Å²) in [6.07, 6.45) is 3.39. The number of aliphatic imine (C=N–C) groups is 1. The first-order valence-corrected chi connectivity index (χ1v) is 9.34. The highest BCUT2D eigenvalue weighted by atomic mass is 127. The third kappa shape index (κ3) is 4.02. The van der Waals surface area contributed by atoms with Crippen molar-refractivity contribution in [2.75, 3.05) is 19.6 Å². The predicted octanol–water partition coefficient (Wildman–Crippen LogP) is 2.80. The number of nitrogens with one attached hydrogen (secondary N) is 1. The SMILES string of the molecule is CCNC(=NCc1nnc2n1CCC2)N1CCC(c2ccccc2)C1.I. The minimum Gasteiger partial charge on any atom is -0.357 e. The van der Waals surface area contributed by atoms with E-state index in [1.807, 2.05) is 0 Å². The fourth-order valence-corrected chi connectivity index (χ4v) is 3.85. The molecular formula is C19H27IN6. The van der Waals surface area contributed by atoms with Crippen molar-refractivity contribution in [2.24, 2.45) is 4.99 Å². The van der Waals surface area contributed by atoms with E-state index in [4.69, 9.17) is 4.99 Å². The second-order valence-electron chi connectivity index (χ2n) is 6.80. The van der Waals surface area contributed by atoms with Crippen LogP contribution < -0.4 is 5.32 Å². The van der Waals surface area contributed by atoms with Gasteiger partial charge in [-0.15, -0.1) is 34.2 Å². The van der Waals surface area contributed by atoms with E-state index in [1.54, 1.807) is 0 Å². The van der Waals surface area contributed by atoms with E-state index >= 15 is 0 Å². The summed E-state index contributed by atoms with van der Waals surface area (Å²) < 4.78 is 2.23. The molecule has 2 aliphatic heterocycles. The number of benzene rings is 1. The van der Waals surface area contributed by atoms with Gasteiger partial charge in [0.1, 0.15) is 12.4 Å². The van der Waals surface area contributed by atoms with Crippen molar-refractivity contribution in [1.29, 1.82) is 0 Å². The molecule has 0 spiro atoms. The summed E-state index contributed by atoms with van der Waals surface area (Å²) in [5.74, 6) is 3.68. The first-order chi connectivity index (χ1) is 12.3. The summed E-state index contributed by atoms with van der Waals surface area (Å²) in [6, 6.07) is 10.8. The molecule has 6 nitrogen and oxygen atoms in total. The lowest BCUT2D eigenvalue weighted by Gasteiger charge is -2.21. The molecule has 26 heavy (non-hydrogen) atoms. The van der Waals surface area contributed by atoms with Gasteiger partial charge in [0.05, 0.1) is 0 Å². The van der Waals surface area contributed by atoms with E-state index in [0.717, 1.165) is 50.2 Å². The van der Waals surface area contributed by atoms with Crippen LogP contribution in [0.1, 0.15) is 42.9 Å². The number of hydrogen-bond donors (Lipinski definition) is 1. The van der Waals surface area contributed by atoms with Crippen molar-refractivity contribution in [3.8, 4) is 0 Å². The van der Waals surface area contributed by atoms with Crippen molar-refractivity contribution in [2.45, 2.75) is 45.2 Å². The van der Waals surface area contributed by atoms with E-state index in [-0.39, 0.29) is 24.0 Å². The maximum Gasteiger partial charge on any atom is 0.194 e. The highest BCUT2D eigenvalue weighted by molar-refractivity contribution is 14.0. The van der Waals surface area contributed by atoms with Gasteiger partial charge in [0.25, 0.3) is 0 Å². The minimum atomic E-state index is 0. The van der Waals surface area contributed by atoms with Gasteiger partial charge in [-0.2, -0.15) is 0 Å². The molecule has 0 amide bonds. The predicted molar refractivity (Wildman–Crippen MR) is 114 cm³/mol. The first-order valence-electron chi connectivity index (χ1n) is 9.34. The van der Waals surface area contributed by atoms with Gasteiger partial charge in [-0.1, -0.05) is 30.3 Å². The Morgan fingerprint density at radius 1 is 1.23 bits per heavy atom. The number of fused-ring (bicyclic) bond motifs is 1. The third-order valence-corrected chi connectivity index (χ3v) is 5.15. The number of guanidine groups is 1. The van der Waals surface area contributed by atoms with Crippen molar-refractivity contribution < 1.29 is 0 Å². The van der Waals surface area contributed by atoms with Crippen molar-refractivity contribution in [3.63, 3.8) is 0 Å². The second-order valence-corrected chi connectivity index (χ2v) is 6.80. The quantitative estimate of drug-likeness (QED) is 0.428. The lowest BCUT2D eigenvalue weighted by molar-refractivity contribution is 0.485. The van der Waals surface area contributed by atoms with Crippen molar-refractivity contribution in [1.82, 2.24) is 25.0 Å². The molecule has 1 fully saturated rings. The minimum absolute atomic E-state index is 0. The molecule has 7 heteroatoms. The Kier molecular flexibility index (Phi) is 6.50. The zero-order valence-corrected chi connectivity index (χ0v) is 17.6. The average molecular weight is 466 g/mol. The van der Waals surface area contributed by atoms with Gasteiger partial charge in [0, 0.05) is 38.5 Å². The molecule has 1 unspecified atom stereocenters. The van der Waals surface area contributed by atoms with E-state index in [0.29, 0.717) is 12.5 Å². The number of halogens is 1. The molecule has 0 aliphatic carbocycles. The summed E-state index contributed by atoms with van der Waals surface area (Å²) >= 11 is 0. The van der Waals surface area contributed by atoms with Crippen LogP contribution in [0.4, 0.5) is 0 Å². The first kappa shape index (κ1) is 19.1. The van der Waals surface area contributed by atoms with Crippen LogP contribution >= 0.6 is 24.0 Å². The highest BCUT2D eigenvalue weighted by Crippen LogP contribution is 2.27. The summed E-state index contributed by atoms with van der Waals surface area (Å²) in [7, 11) is 0. The molecule has 1 atom stereocenters. The Hall–Kier alpha value is -1.64. The normalized spacial score (nSPS) is 19.3. The molecule has 1 N–H and O–H groups in total. The lowest BCUT2D eigenvalue weighted by atomic mass is 9.99. The Labute approximate surface area is 172 Å².